The number of hydrogen-bond donors (Lipinski definition) is 0. The van der Waals surface area contributed by atoms with E-state index in [0.29, 0.717) is 6.21 Å². The largest absolute Gasteiger partial charge is 0.416 e. The Morgan fingerprint density at radius 2 is 1.92 bits per heavy atom. The van der Waals surface area contributed by atoms with Crippen LogP contribution in [0.15, 0.2) is 24.3 Å². The zero-order chi connectivity index (χ0) is 9.19. The Kier molecular flexibility index (Phi) is 2.17. The topological polar surface area (TPSA) is 22.3 Å². The fourth-order valence-electron chi connectivity index (χ4n) is 0.795. The van der Waals surface area contributed by atoms with Gasteiger partial charge in [-0.15, -0.1) is 0 Å². The van der Waals surface area contributed by atoms with Crippen LogP contribution < -0.4 is 5.41 Å². The summed E-state index contributed by atoms with van der Waals surface area (Å²) >= 11 is 0. The molecule has 0 atom stereocenters. The molecule has 4 heteroatoms. The van der Waals surface area contributed by atoms with E-state index in [-0.39, 0.29) is 5.56 Å². The van der Waals surface area contributed by atoms with Crippen molar-refractivity contribution in [2.24, 2.45) is 0 Å². The molecular weight excluding hydrogens is 167 g/mol. The molecule has 0 aliphatic heterocycles. The Balaban J connectivity index is 3.10. The van der Waals surface area contributed by atoms with Crippen LogP contribution in [0.5, 0.6) is 0 Å². The second-order valence-corrected chi connectivity index (χ2v) is 2.25. The first-order valence-electron chi connectivity index (χ1n) is 3.19. The van der Waals surface area contributed by atoms with Gasteiger partial charge in [-0.2, -0.15) is 18.6 Å². The average molecular weight is 172 g/mol. The molecule has 1 aromatic rings. The Morgan fingerprint density at radius 1 is 1.25 bits per heavy atom. The lowest BCUT2D eigenvalue weighted by Crippen LogP contribution is -2.04. The summed E-state index contributed by atoms with van der Waals surface area (Å²) < 4.78 is 36.0. The molecule has 0 aliphatic carbocycles. The minimum Gasteiger partial charge on any atom is -0.166 e. The van der Waals surface area contributed by atoms with E-state index < -0.39 is 11.7 Å². The summed E-state index contributed by atoms with van der Waals surface area (Å²) in [5.74, 6) is 0. The summed E-state index contributed by atoms with van der Waals surface area (Å²) in [6.07, 6.45) is -3.71. The maximum atomic E-state index is 12.0. The van der Waals surface area contributed by atoms with Gasteiger partial charge >= 0.3 is 6.18 Å². The summed E-state index contributed by atoms with van der Waals surface area (Å²) in [4.78, 5) is 0. The van der Waals surface area contributed by atoms with Crippen LogP contribution in [0.1, 0.15) is 11.1 Å². The summed E-state index contributed by atoms with van der Waals surface area (Å²) in [7, 11) is 0. The smallest absolute Gasteiger partial charge is 0.166 e. The van der Waals surface area contributed by atoms with Crippen molar-refractivity contribution in [2.45, 2.75) is 6.18 Å². The van der Waals surface area contributed by atoms with E-state index in [1.807, 2.05) is 0 Å². The normalized spacial score (nSPS) is 11.2. The number of alkyl halides is 3. The third kappa shape index (κ3) is 1.84. The Labute approximate surface area is 67.3 Å². The summed E-state index contributed by atoms with van der Waals surface area (Å²) in [6, 6.07) is 4.45. The van der Waals surface area contributed by atoms with Crippen LogP contribution in [-0.4, -0.2) is 6.21 Å². The van der Waals surface area contributed by atoms with Gasteiger partial charge in [-0.25, -0.2) is 0 Å². The number of nitrogens with zero attached hydrogens (tertiary/aromatic N) is 1. The van der Waals surface area contributed by atoms with Crippen molar-refractivity contribution in [1.82, 2.24) is 5.41 Å². The van der Waals surface area contributed by atoms with Gasteiger partial charge < -0.3 is 0 Å². The second-order valence-electron chi connectivity index (χ2n) is 2.25. The number of hydrogen-bond acceptors (Lipinski definition) is 0. The van der Waals surface area contributed by atoms with Crippen LogP contribution in [-0.2, 0) is 6.18 Å². The van der Waals surface area contributed by atoms with E-state index in [1.54, 1.807) is 0 Å². The predicted molar refractivity (Wildman–Crippen MR) is 38.7 cm³/mol. The van der Waals surface area contributed by atoms with E-state index in [0.717, 1.165) is 12.1 Å². The van der Waals surface area contributed by atoms with Crippen LogP contribution in [0, 0.1) is 0 Å². The van der Waals surface area contributed by atoms with Crippen molar-refractivity contribution in [3.63, 3.8) is 0 Å². The first-order valence-corrected chi connectivity index (χ1v) is 3.19. The molecule has 0 spiro atoms. The SMILES string of the molecule is [N]=Cc1cccc(C(F)(F)F)c1. The van der Waals surface area contributed by atoms with Crippen molar-refractivity contribution in [3.05, 3.63) is 35.4 Å². The fraction of sp³-hybridized carbons (Fsp3) is 0.125. The molecule has 12 heavy (non-hydrogen) atoms. The summed E-state index contributed by atoms with van der Waals surface area (Å²) in [5.41, 5.74) is -0.616. The average Bonchev–Trinajstić information content (AvgIpc) is 2.03. The van der Waals surface area contributed by atoms with Crippen molar-refractivity contribution in [3.8, 4) is 0 Å². The molecule has 0 saturated heterocycles. The van der Waals surface area contributed by atoms with Crippen molar-refractivity contribution >= 4 is 6.21 Å². The molecule has 0 heterocycles. The van der Waals surface area contributed by atoms with Gasteiger partial charge in [0.1, 0.15) is 0 Å². The zero-order valence-corrected chi connectivity index (χ0v) is 5.97. The molecule has 0 aromatic heterocycles. The molecule has 0 N–H and O–H groups in total. The first kappa shape index (κ1) is 8.77. The van der Waals surface area contributed by atoms with Crippen LogP contribution >= 0.6 is 0 Å². The van der Waals surface area contributed by atoms with Gasteiger partial charge in [-0.05, 0) is 17.7 Å². The molecule has 1 aromatic carbocycles. The molecule has 0 saturated carbocycles. The number of rotatable bonds is 1. The molecule has 0 fully saturated rings. The number of halogens is 3. The van der Waals surface area contributed by atoms with E-state index in [2.05, 4.69) is 0 Å². The molecule has 0 bridgehead atoms. The standard InChI is InChI=1S/C8H5F3N/c9-8(10,11)7-3-1-2-6(4-7)5-12/h1-5H. The molecule has 1 rings (SSSR count). The van der Waals surface area contributed by atoms with Crippen molar-refractivity contribution < 1.29 is 13.2 Å². The predicted octanol–water partition coefficient (Wildman–Crippen LogP) is 1.92. The van der Waals surface area contributed by atoms with Crippen LogP contribution in [0.3, 0.4) is 0 Å². The maximum absolute atomic E-state index is 12.0. The quantitative estimate of drug-likeness (QED) is 0.577. The van der Waals surface area contributed by atoms with Gasteiger partial charge in [0.15, 0.2) is 0 Å². The molecule has 63 valence electrons. The third-order valence-corrected chi connectivity index (χ3v) is 1.36. The summed E-state index contributed by atoms with van der Waals surface area (Å²) in [6.45, 7) is 0. The van der Waals surface area contributed by atoms with Gasteiger partial charge in [0.2, 0.25) is 0 Å². The van der Waals surface area contributed by atoms with Gasteiger partial charge in [0, 0.05) is 0 Å². The van der Waals surface area contributed by atoms with Crippen molar-refractivity contribution in [1.29, 1.82) is 0 Å². The van der Waals surface area contributed by atoms with Crippen molar-refractivity contribution in [2.75, 3.05) is 0 Å². The highest BCUT2D eigenvalue weighted by molar-refractivity contribution is 5.77. The fourth-order valence-corrected chi connectivity index (χ4v) is 0.795. The van der Waals surface area contributed by atoms with Gasteiger partial charge in [0.05, 0.1) is 11.8 Å². The zero-order valence-electron chi connectivity index (χ0n) is 5.97. The van der Waals surface area contributed by atoms with Gasteiger partial charge in [0.25, 0.3) is 0 Å². The highest BCUT2D eigenvalue weighted by atomic mass is 19.4. The maximum Gasteiger partial charge on any atom is 0.416 e. The van der Waals surface area contributed by atoms with E-state index in [9.17, 15) is 13.2 Å². The lowest BCUT2D eigenvalue weighted by atomic mass is 10.1. The highest BCUT2D eigenvalue weighted by Crippen LogP contribution is 2.29. The third-order valence-electron chi connectivity index (χ3n) is 1.36. The molecular formula is C8H5F3N. The molecule has 1 radical (unpaired) electrons. The Bertz CT molecular complexity index is 291. The lowest BCUT2D eigenvalue weighted by Gasteiger charge is -2.05. The van der Waals surface area contributed by atoms with Gasteiger partial charge in [-0.3, -0.25) is 0 Å². The van der Waals surface area contributed by atoms with Crippen LogP contribution in [0.4, 0.5) is 13.2 Å². The Morgan fingerprint density at radius 3 is 2.42 bits per heavy atom. The monoisotopic (exact) mass is 172 g/mol. The lowest BCUT2D eigenvalue weighted by molar-refractivity contribution is -0.137. The molecule has 0 aliphatic rings. The Hall–Kier alpha value is -1.32. The minimum atomic E-state index is -4.35. The first-order chi connectivity index (χ1) is 5.54. The molecule has 0 unspecified atom stereocenters. The molecule has 1 nitrogen and oxygen atoms in total. The second kappa shape index (κ2) is 2.97. The summed E-state index contributed by atoms with van der Waals surface area (Å²) in [5, 5.41) is 8.44. The minimum absolute atomic E-state index is 0.143. The number of benzene rings is 1. The van der Waals surface area contributed by atoms with E-state index in [4.69, 9.17) is 5.41 Å². The highest BCUT2D eigenvalue weighted by Gasteiger charge is 2.30. The van der Waals surface area contributed by atoms with Crippen LogP contribution in [0.2, 0.25) is 0 Å². The van der Waals surface area contributed by atoms with Crippen LogP contribution in [0.25, 0.3) is 0 Å². The van der Waals surface area contributed by atoms with Gasteiger partial charge in [-0.1, -0.05) is 12.1 Å². The van der Waals surface area contributed by atoms with E-state index >= 15 is 0 Å². The molecule has 0 amide bonds. The van der Waals surface area contributed by atoms with E-state index in [1.165, 1.54) is 12.1 Å².